The van der Waals surface area contributed by atoms with Crippen molar-refractivity contribution in [1.29, 1.82) is 0 Å². The minimum absolute atomic E-state index is 0.155. The third kappa shape index (κ3) is 4.47. The number of carboxylic acids is 1. The highest BCUT2D eigenvalue weighted by Gasteiger charge is 2.39. The summed E-state index contributed by atoms with van der Waals surface area (Å²) in [6.45, 7) is 0. The van der Waals surface area contributed by atoms with Gasteiger partial charge in [-0.1, -0.05) is 35.3 Å². The van der Waals surface area contributed by atoms with E-state index < -0.39 is 22.9 Å². The second kappa shape index (κ2) is 9.41. The first-order chi connectivity index (χ1) is 16.2. The summed E-state index contributed by atoms with van der Waals surface area (Å²) in [6.07, 6.45) is 5.10. The quantitative estimate of drug-likeness (QED) is 0.388. The van der Waals surface area contributed by atoms with E-state index in [9.17, 15) is 19.1 Å². The van der Waals surface area contributed by atoms with Gasteiger partial charge in [0.25, 0.3) is 0 Å². The number of rotatable bonds is 7. The zero-order valence-corrected chi connectivity index (χ0v) is 19.4. The molecule has 0 spiro atoms. The topological polar surface area (TPSA) is 76.0 Å². The molecule has 1 heterocycles. The Balaban J connectivity index is 1.77. The van der Waals surface area contributed by atoms with E-state index in [4.69, 9.17) is 27.9 Å². The van der Waals surface area contributed by atoms with Crippen LogP contribution in [-0.2, 0) is 6.42 Å². The van der Waals surface area contributed by atoms with Crippen molar-refractivity contribution in [3.8, 4) is 16.9 Å². The largest absolute Gasteiger partial charge is 0.496 e. The standard InChI is InChI=1S/C26H18Cl2FNO4/c1-34-23-8-4-15(16-3-7-22(29)20(12-16)25(32)33)11-17(23)14-26(9-2-10-30-26)24(31)19-6-5-18(27)13-21(19)28/h2-13H,14H2,1H3,(H,32,33). The summed E-state index contributed by atoms with van der Waals surface area (Å²) in [7, 11) is 1.51. The number of allylic oxidation sites excluding steroid dienone is 1. The Morgan fingerprint density at radius 2 is 1.76 bits per heavy atom. The monoisotopic (exact) mass is 497 g/mol. The van der Waals surface area contributed by atoms with Gasteiger partial charge in [-0.05, 0) is 71.3 Å². The minimum atomic E-state index is -1.36. The average molecular weight is 498 g/mol. The summed E-state index contributed by atoms with van der Waals surface area (Å²) in [6, 6.07) is 13.8. The van der Waals surface area contributed by atoms with Crippen LogP contribution >= 0.6 is 23.2 Å². The molecule has 8 heteroatoms. The fourth-order valence-electron chi connectivity index (χ4n) is 3.90. The molecule has 1 atom stereocenters. The normalized spacial score (nSPS) is 16.6. The number of carbonyl (C=O) groups excluding carboxylic acids is 1. The van der Waals surface area contributed by atoms with Crippen molar-refractivity contribution < 1.29 is 23.8 Å². The molecule has 1 aliphatic rings. The second-order valence-corrected chi connectivity index (χ2v) is 8.56. The first-order valence-electron chi connectivity index (χ1n) is 10.2. The van der Waals surface area contributed by atoms with E-state index in [1.165, 1.54) is 25.3 Å². The van der Waals surface area contributed by atoms with E-state index in [2.05, 4.69) is 4.99 Å². The number of aromatic carboxylic acids is 1. The van der Waals surface area contributed by atoms with Crippen molar-refractivity contribution in [3.05, 3.63) is 99.3 Å². The van der Waals surface area contributed by atoms with E-state index >= 15 is 0 Å². The van der Waals surface area contributed by atoms with Crippen molar-refractivity contribution in [2.24, 2.45) is 4.99 Å². The number of hydrogen-bond donors (Lipinski definition) is 1. The maximum Gasteiger partial charge on any atom is 0.338 e. The number of hydrogen-bond acceptors (Lipinski definition) is 4. The van der Waals surface area contributed by atoms with E-state index in [1.807, 2.05) is 0 Å². The highest BCUT2D eigenvalue weighted by molar-refractivity contribution is 6.37. The summed E-state index contributed by atoms with van der Waals surface area (Å²) in [5.41, 5.74) is 0.407. The first-order valence-corrected chi connectivity index (χ1v) is 10.9. The molecule has 0 fully saturated rings. The highest BCUT2D eigenvalue weighted by atomic mass is 35.5. The first kappa shape index (κ1) is 23.7. The summed E-state index contributed by atoms with van der Waals surface area (Å²) in [5.74, 6) is -1.96. The van der Waals surface area contributed by atoms with Gasteiger partial charge in [0.05, 0.1) is 17.7 Å². The zero-order chi connectivity index (χ0) is 24.5. The maximum atomic E-state index is 13.9. The van der Waals surface area contributed by atoms with Crippen LogP contribution in [0.1, 0.15) is 26.3 Å². The second-order valence-electron chi connectivity index (χ2n) is 7.72. The van der Waals surface area contributed by atoms with Gasteiger partial charge >= 0.3 is 5.97 Å². The van der Waals surface area contributed by atoms with E-state index in [0.29, 0.717) is 27.5 Å². The molecule has 1 aliphatic heterocycles. The van der Waals surface area contributed by atoms with Gasteiger partial charge in [0, 0.05) is 23.2 Å². The Morgan fingerprint density at radius 1 is 1.03 bits per heavy atom. The van der Waals surface area contributed by atoms with Gasteiger partial charge in [0.15, 0.2) is 5.78 Å². The molecule has 0 aliphatic carbocycles. The van der Waals surface area contributed by atoms with Crippen LogP contribution in [-0.4, -0.2) is 35.7 Å². The molecule has 0 aromatic heterocycles. The van der Waals surface area contributed by atoms with Gasteiger partial charge in [0.1, 0.15) is 17.1 Å². The minimum Gasteiger partial charge on any atom is -0.496 e. The molecule has 0 radical (unpaired) electrons. The Morgan fingerprint density at radius 3 is 2.41 bits per heavy atom. The van der Waals surface area contributed by atoms with Gasteiger partial charge in [-0.2, -0.15) is 0 Å². The number of methoxy groups -OCH3 is 1. The van der Waals surface area contributed by atoms with Crippen LogP contribution in [0.15, 0.2) is 71.7 Å². The molecule has 0 bridgehead atoms. The van der Waals surface area contributed by atoms with Crippen molar-refractivity contribution >= 4 is 41.2 Å². The van der Waals surface area contributed by atoms with Crippen LogP contribution in [0.2, 0.25) is 10.0 Å². The summed E-state index contributed by atoms with van der Waals surface area (Å²) >= 11 is 12.3. The molecule has 172 valence electrons. The van der Waals surface area contributed by atoms with E-state index in [-0.39, 0.29) is 22.8 Å². The SMILES string of the molecule is COc1ccc(-c2ccc(F)c(C(=O)O)c2)cc1CC1(C(=O)c2ccc(Cl)cc2Cl)C=CC=N1. The van der Waals surface area contributed by atoms with Crippen LogP contribution in [0.5, 0.6) is 5.75 Å². The van der Waals surface area contributed by atoms with Crippen LogP contribution in [0.25, 0.3) is 11.1 Å². The zero-order valence-electron chi connectivity index (χ0n) is 17.9. The number of carbonyl (C=O) groups is 2. The molecule has 1 unspecified atom stereocenters. The predicted octanol–water partition coefficient (Wildman–Crippen LogP) is 6.31. The number of Topliss-reactive ketones (excluding diaryl/α,β-unsaturated/α-hetero) is 1. The number of aliphatic imine (C=N–C) groups is 1. The van der Waals surface area contributed by atoms with Crippen LogP contribution in [0.3, 0.4) is 0 Å². The Bertz CT molecular complexity index is 1350. The fourth-order valence-corrected chi connectivity index (χ4v) is 4.40. The number of halogens is 3. The van der Waals surface area contributed by atoms with Gasteiger partial charge in [-0.15, -0.1) is 0 Å². The Kier molecular flexibility index (Phi) is 6.55. The third-order valence-corrected chi connectivity index (χ3v) is 6.15. The van der Waals surface area contributed by atoms with Gasteiger partial charge < -0.3 is 9.84 Å². The Labute approximate surface area is 205 Å². The van der Waals surface area contributed by atoms with Crippen molar-refractivity contribution in [3.63, 3.8) is 0 Å². The molecule has 4 rings (SSSR count). The van der Waals surface area contributed by atoms with E-state index in [1.54, 1.807) is 48.7 Å². The molecule has 34 heavy (non-hydrogen) atoms. The summed E-state index contributed by atoms with van der Waals surface area (Å²) < 4.78 is 19.4. The van der Waals surface area contributed by atoms with Crippen molar-refractivity contribution in [2.45, 2.75) is 12.0 Å². The lowest BCUT2D eigenvalue weighted by atomic mass is 9.83. The predicted molar refractivity (Wildman–Crippen MR) is 130 cm³/mol. The third-order valence-electron chi connectivity index (χ3n) is 5.60. The maximum absolute atomic E-state index is 13.9. The van der Waals surface area contributed by atoms with Gasteiger partial charge in [-0.3, -0.25) is 9.79 Å². The molecule has 1 N–H and O–H groups in total. The van der Waals surface area contributed by atoms with Crippen molar-refractivity contribution in [1.82, 2.24) is 0 Å². The smallest absolute Gasteiger partial charge is 0.338 e. The molecule has 0 saturated carbocycles. The molecule has 0 amide bonds. The number of benzene rings is 3. The molecular formula is C26H18Cl2FNO4. The van der Waals surface area contributed by atoms with Crippen molar-refractivity contribution in [2.75, 3.05) is 7.11 Å². The lowest BCUT2D eigenvalue weighted by molar-refractivity contribution is 0.0691. The molecule has 0 saturated heterocycles. The van der Waals surface area contributed by atoms with Crippen LogP contribution < -0.4 is 4.74 Å². The molecule has 3 aromatic rings. The summed E-state index contributed by atoms with van der Waals surface area (Å²) in [5, 5.41) is 9.90. The fraction of sp³-hybridized carbons (Fsp3) is 0.115. The lowest BCUT2D eigenvalue weighted by Crippen LogP contribution is -2.36. The molecule has 3 aromatic carbocycles. The number of carboxylic acid groups (broad SMARTS) is 1. The lowest BCUT2D eigenvalue weighted by Gasteiger charge is -2.25. The number of ketones is 1. The number of ether oxygens (including phenoxy) is 1. The van der Waals surface area contributed by atoms with Crippen LogP contribution in [0, 0.1) is 5.82 Å². The summed E-state index contributed by atoms with van der Waals surface area (Å²) in [4.78, 5) is 29.4. The van der Waals surface area contributed by atoms with Gasteiger partial charge in [0.2, 0.25) is 0 Å². The molecule has 5 nitrogen and oxygen atoms in total. The highest BCUT2D eigenvalue weighted by Crippen LogP contribution is 2.36. The van der Waals surface area contributed by atoms with Gasteiger partial charge in [-0.25, -0.2) is 9.18 Å². The molecular weight excluding hydrogens is 480 g/mol. The average Bonchev–Trinajstić information content (AvgIpc) is 3.28. The number of nitrogens with zero attached hydrogens (tertiary/aromatic N) is 1. The van der Waals surface area contributed by atoms with Crippen LogP contribution in [0.4, 0.5) is 4.39 Å². The van der Waals surface area contributed by atoms with E-state index in [0.717, 1.165) is 6.07 Å². The Hall–Kier alpha value is -3.48.